The van der Waals surface area contributed by atoms with Crippen LogP contribution in [0.25, 0.3) is 11.0 Å². The second kappa shape index (κ2) is 5.09. The molecule has 5 nitrogen and oxygen atoms in total. The van der Waals surface area contributed by atoms with Gasteiger partial charge < -0.3 is 5.32 Å². The molecule has 0 aliphatic heterocycles. The standard InChI is InChI=1S/C14H14ClN5/c1-9-5-3-4-6-10(9)7-16-12-11-8-17-20(2)13(11)19-14(15)18-12/h3-6,8H,7H2,1-2H3,(H,16,18,19). The number of fused-ring (bicyclic) bond motifs is 1. The van der Waals surface area contributed by atoms with Crippen molar-refractivity contribution in [3.63, 3.8) is 0 Å². The maximum absolute atomic E-state index is 5.96. The fourth-order valence-electron chi connectivity index (χ4n) is 2.12. The van der Waals surface area contributed by atoms with Crippen LogP contribution in [0.2, 0.25) is 5.28 Å². The first-order valence-electron chi connectivity index (χ1n) is 6.29. The van der Waals surface area contributed by atoms with Crippen LogP contribution in [0.3, 0.4) is 0 Å². The van der Waals surface area contributed by atoms with E-state index in [1.54, 1.807) is 10.9 Å². The third-order valence-corrected chi connectivity index (χ3v) is 3.44. The lowest BCUT2D eigenvalue weighted by molar-refractivity contribution is 0.785. The third-order valence-electron chi connectivity index (χ3n) is 3.27. The van der Waals surface area contributed by atoms with Crippen molar-refractivity contribution in [1.82, 2.24) is 19.7 Å². The summed E-state index contributed by atoms with van der Waals surface area (Å²) >= 11 is 5.96. The molecule has 2 heterocycles. The van der Waals surface area contributed by atoms with Gasteiger partial charge in [0.1, 0.15) is 5.82 Å². The summed E-state index contributed by atoms with van der Waals surface area (Å²) in [6.45, 7) is 2.77. The first-order valence-corrected chi connectivity index (χ1v) is 6.66. The number of aromatic nitrogens is 4. The maximum Gasteiger partial charge on any atom is 0.226 e. The van der Waals surface area contributed by atoms with Crippen molar-refractivity contribution in [2.75, 3.05) is 5.32 Å². The van der Waals surface area contributed by atoms with Crippen molar-refractivity contribution in [1.29, 1.82) is 0 Å². The average molecular weight is 288 g/mol. The summed E-state index contributed by atoms with van der Waals surface area (Å²) in [7, 11) is 1.83. The Kier molecular flexibility index (Phi) is 3.28. The number of hydrogen-bond acceptors (Lipinski definition) is 4. The number of rotatable bonds is 3. The van der Waals surface area contributed by atoms with Gasteiger partial charge in [0.05, 0.1) is 11.6 Å². The molecule has 0 amide bonds. The summed E-state index contributed by atoms with van der Waals surface area (Å²) in [5.74, 6) is 0.705. The Morgan fingerprint density at radius 1 is 1.25 bits per heavy atom. The molecule has 0 aliphatic rings. The second-order valence-corrected chi connectivity index (χ2v) is 4.96. The first-order chi connectivity index (χ1) is 9.65. The van der Waals surface area contributed by atoms with Gasteiger partial charge in [-0.25, -0.2) is 0 Å². The highest BCUT2D eigenvalue weighted by atomic mass is 35.5. The van der Waals surface area contributed by atoms with Gasteiger partial charge in [-0.3, -0.25) is 4.68 Å². The molecule has 20 heavy (non-hydrogen) atoms. The Labute approximate surface area is 121 Å². The van der Waals surface area contributed by atoms with Gasteiger partial charge in [0, 0.05) is 13.6 Å². The molecular formula is C14H14ClN5. The Morgan fingerprint density at radius 2 is 2.05 bits per heavy atom. The molecule has 1 N–H and O–H groups in total. The second-order valence-electron chi connectivity index (χ2n) is 4.63. The predicted molar refractivity (Wildman–Crippen MR) is 79.8 cm³/mol. The highest BCUT2D eigenvalue weighted by Crippen LogP contribution is 2.22. The summed E-state index contributed by atoms with van der Waals surface area (Å²) in [4.78, 5) is 8.43. The zero-order chi connectivity index (χ0) is 14.1. The summed E-state index contributed by atoms with van der Waals surface area (Å²) in [6, 6.07) is 8.23. The lowest BCUT2D eigenvalue weighted by Gasteiger charge is -2.09. The molecule has 0 aliphatic carbocycles. The summed E-state index contributed by atoms with van der Waals surface area (Å²) in [6.07, 6.45) is 1.74. The van der Waals surface area contributed by atoms with E-state index >= 15 is 0 Å². The zero-order valence-electron chi connectivity index (χ0n) is 11.3. The smallest absolute Gasteiger partial charge is 0.226 e. The van der Waals surface area contributed by atoms with Crippen molar-refractivity contribution in [3.8, 4) is 0 Å². The van der Waals surface area contributed by atoms with Crippen molar-refractivity contribution in [2.24, 2.45) is 7.05 Å². The molecule has 6 heteroatoms. The molecule has 0 saturated heterocycles. The number of anilines is 1. The first kappa shape index (κ1) is 12.9. The van der Waals surface area contributed by atoms with E-state index in [1.165, 1.54) is 11.1 Å². The van der Waals surface area contributed by atoms with E-state index in [0.29, 0.717) is 12.4 Å². The van der Waals surface area contributed by atoms with Gasteiger partial charge >= 0.3 is 0 Å². The van der Waals surface area contributed by atoms with Crippen LogP contribution in [0.1, 0.15) is 11.1 Å². The lowest BCUT2D eigenvalue weighted by atomic mass is 10.1. The molecular weight excluding hydrogens is 274 g/mol. The maximum atomic E-state index is 5.96. The average Bonchev–Trinajstić information content (AvgIpc) is 2.79. The van der Waals surface area contributed by atoms with Crippen LogP contribution >= 0.6 is 11.6 Å². The van der Waals surface area contributed by atoms with Gasteiger partial charge in [0.15, 0.2) is 5.65 Å². The SMILES string of the molecule is Cc1ccccc1CNc1nc(Cl)nc2c1cnn2C. The number of halogens is 1. The Bertz CT molecular complexity index is 765. The summed E-state index contributed by atoms with van der Waals surface area (Å²) in [5, 5.41) is 8.58. The predicted octanol–water partition coefficient (Wildman–Crippen LogP) is 2.94. The molecule has 0 spiro atoms. The van der Waals surface area contributed by atoms with Crippen LogP contribution < -0.4 is 5.32 Å². The monoisotopic (exact) mass is 287 g/mol. The molecule has 2 aromatic heterocycles. The zero-order valence-corrected chi connectivity index (χ0v) is 12.0. The minimum atomic E-state index is 0.216. The van der Waals surface area contributed by atoms with Crippen molar-refractivity contribution in [3.05, 3.63) is 46.9 Å². The summed E-state index contributed by atoms with van der Waals surface area (Å²) in [5.41, 5.74) is 3.18. The van der Waals surface area contributed by atoms with Gasteiger partial charge in [-0.2, -0.15) is 15.1 Å². The molecule has 0 fully saturated rings. The van der Waals surface area contributed by atoms with Crippen LogP contribution in [0.15, 0.2) is 30.5 Å². The van der Waals surface area contributed by atoms with Crippen LogP contribution in [-0.4, -0.2) is 19.7 Å². The van der Waals surface area contributed by atoms with Gasteiger partial charge in [-0.05, 0) is 29.7 Å². The van der Waals surface area contributed by atoms with E-state index in [1.807, 2.05) is 19.2 Å². The topological polar surface area (TPSA) is 55.6 Å². The Hall–Kier alpha value is -2.14. The minimum absolute atomic E-state index is 0.216. The van der Waals surface area contributed by atoms with Gasteiger partial charge in [0.2, 0.25) is 5.28 Å². The molecule has 0 atom stereocenters. The van der Waals surface area contributed by atoms with E-state index in [4.69, 9.17) is 11.6 Å². The summed E-state index contributed by atoms with van der Waals surface area (Å²) < 4.78 is 1.68. The lowest BCUT2D eigenvalue weighted by Crippen LogP contribution is -2.04. The molecule has 0 unspecified atom stereocenters. The fourth-order valence-corrected chi connectivity index (χ4v) is 2.28. The van der Waals surface area contributed by atoms with E-state index in [9.17, 15) is 0 Å². The molecule has 3 rings (SSSR count). The van der Waals surface area contributed by atoms with Crippen molar-refractivity contribution < 1.29 is 0 Å². The molecule has 0 bridgehead atoms. The van der Waals surface area contributed by atoms with Gasteiger partial charge in [-0.15, -0.1) is 0 Å². The van der Waals surface area contributed by atoms with E-state index in [0.717, 1.165) is 11.0 Å². The van der Waals surface area contributed by atoms with Crippen LogP contribution in [0.5, 0.6) is 0 Å². The molecule has 1 aromatic carbocycles. The Morgan fingerprint density at radius 3 is 2.85 bits per heavy atom. The largest absolute Gasteiger partial charge is 0.365 e. The number of benzene rings is 1. The van der Waals surface area contributed by atoms with Crippen LogP contribution in [-0.2, 0) is 13.6 Å². The van der Waals surface area contributed by atoms with Crippen LogP contribution in [0.4, 0.5) is 5.82 Å². The van der Waals surface area contributed by atoms with Crippen molar-refractivity contribution in [2.45, 2.75) is 13.5 Å². The van der Waals surface area contributed by atoms with Gasteiger partial charge in [0.25, 0.3) is 0 Å². The van der Waals surface area contributed by atoms with Gasteiger partial charge in [-0.1, -0.05) is 24.3 Å². The number of hydrogen-bond donors (Lipinski definition) is 1. The molecule has 3 aromatic rings. The van der Waals surface area contributed by atoms with E-state index in [2.05, 4.69) is 39.4 Å². The molecule has 0 saturated carbocycles. The Balaban J connectivity index is 1.93. The van der Waals surface area contributed by atoms with Crippen molar-refractivity contribution >= 4 is 28.5 Å². The third kappa shape index (κ3) is 2.32. The quantitative estimate of drug-likeness (QED) is 0.753. The molecule has 102 valence electrons. The fraction of sp³-hybridized carbons (Fsp3) is 0.214. The number of nitrogens with zero attached hydrogens (tertiary/aromatic N) is 4. The normalized spacial score (nSPS) is 10.9. The number of aryl methyl sites for hydroxylation is 2. The highest BCUT2D eigenvalue weighted by Gasteiger charge is 2.10. The van der Waals surface area contributed by atoms with Crippen LogP contribution in [0, 0.1) is 6.92 Å². The highest BCUT2D eigenvalue weighted by molar-refractivity contribution is 6.28. The van der Waals surface area contributed by atoms with E-state index in [-0.39, 0.29) is 5.28 Å². The number of nitrogens with one attached hydrogen (secondary N) is 1. The van der Waals surface area contributed by atoms with E-state index < -0.39 is 0 Å². The molecule has 0 radical (unpaired) electrons. The minimum Gasteiger partial charge on any atom is -0.365 e.